The fraction of sp³-hybridized carbons (Fsp3) is 0.500. The molecule has 1 aromatic heterocycles. The normalized spacial score (nSPS) is 30.9. The molecule has 6 heteroatoms. The van der Waals surface area contributed by atoms with Crippen molar-refractivity contribution < 1.29 is 14.0 Å². The third kappa shape index (κ3) is 3.75. The van der Waals surface area contributed by atoms with Gasteiger partial charge in [0, 0.05) is 23.3 Å². The summed E-state index contributed by atoms with van der Waals surface area (Å²) in [6.07, 6.45) is 6.73. The summed E-state index contributed by atoms with van der Waals surface area (Å²) in [5, 5.41) is 3.54. The zero-order valence-corrected chi connectivity index (χ0v) is 19.0. The number of amides is 1. The van der Waals surface area contributed by atoms with E-state index in [4.69, 9.17) is 11.6 Å². The number of aromatic nitrogens is 1. The fourth-order valence-corrected chi connectivity index (χ4v) is 7.04. The highest BCUT2D eigenvalue weighted by molar-refractivity contribution is 6.30. The van der Waals surface area contributed by atoms with Crippen molar-refractivity contribution in [3.63, 3.8) is 0 Å². The third-order valence-electron chi connectivity index (χ3n) is 8.27. The van der Waals surface area contributed by atoms with Crippen LogP contribution in [0.2, 0.25) is 5.02 Å². The van der Waals surface area contributed by atoms with Crippen molar-refractivity contribution in [2.24, 2.45) is 23.2 Å². The minimum Gasteiger partial charge on any atom is -0.311 e. The van der Waals surface area contributed by atoms with Gasteiger partial charge in [0.25, 0.3) is 0 Å². The van der Waals surface area contributed by atoms with Crippen LogP contribution in [0.4, 0.5) is 10.2 Å². The van der Waals surface area contributed by atoms with E-state index < -0.39 is 5.82 Å². The molecule has 4 nitrogen and oxygen atoms in total. The van der Waals surface area contributed by atoms with E-state index in [1.165, 1.54) is 23.3 Å². The summed E-state index contributed by atoms with van der Waals surface area (Å²) in [6, 6.07) is 9.01. The first-order valence-electron chi connectivity index (χ1n) is 11.6. The molecule has 0 saturated heterocycles. The number of pyridine rings is 1. The maximum atomic E-state index is 13.1. The van der Waals surface area contributed by atoms with E-state index in [2.05, 4.69) is 29.4 Å². The van der Waals surface area contributed by atoms with Crippen molar-refractivity contribution in [3.8, 4) is 0 Å². The molecule has 168 valence electrons. The lowest BCUT2D eigenvalue weighted by Crippen LogP contribution is -2.44. The zero-order chi connectivity index (χ0) is 22.5. The number of Topliss-reactive ketones (excluding diaryl/α,β-unsaturated/α-hetero) is 1. The number of carbonyl (C=O) groups excluding carboxylic acids is 2. The first kappa shape index (κ1) is 21.6. The Balaban J connectivity index is 1.32. The van der Waals surface area contributed by atoms with Crippen LogP contribution in [0.3, 0.4) is 0 Å². The van der Waals surface area contributed by atoms with Gasteiger partial charge in [-0.15, -0.1) is 0 Å². The molecule has 0 spiro atoms. The van der Waals surface area contributed by atoms with E-state index in [1.54, 1.807) is 0 Å². The van der Waals surface area contributed by atoms with Crippen LogP contribution in [0.5, 0.6) is 0 Å². The summed E-state index contributed by atoms with van der Waals surface area (Å²) >= 11 is 6.24. The van der Waals surface area contributed by atoms with Gasteiger partial charge in [0.15, 0.2) is 0 Å². The molecule has 3 aliphatic carbocycles. The molecule has 1 amide bonds. The van der Waals surface area contributed by atoms with Crippen molar-refractivity contribution >= 4 is 29.1 Å². The molecular weight excluding hydrogens is 427 g/mol. The van der Waals surface area contributed by atoms with Crippen molar-refractivity contribution in [1.29, 1.82) is 0 Å². The number of rotatable bonds is 4. The second-order valence-electron chi connectivity index (χ2n) is 9.97. The number of anilines is 1. The molecule has 2 saturated carbocycles. The van der Waals surface area contributed by atoms with Gasteiger partial charge in [-0.05, 0) is 91.2 Å². The Morgan fingerprint density at radius 1 is 1.28 bits per heavy atom. The highest BCUT2D eigenvalue weighted by Gasteiger charge is 2.58. The monoisotopic (exact) mass is 454 g/mol. The Morgan fingerprint density at radius 3 is 2.91 bits per heavy atom. The molecule has 1 heterocycles. The van der Waals surface area contributed by atoms with Gasteiger partial charge < -0.3 is 5.32 Å². The SMILES string of the molecule is C[C@]12CCC3c4ccc(Cl)cc4CCC3C1[C@H](CCC(=O)Nc1ccc(F)cn1)CC2=O. The van der Waals surface area contributed by atoms with E-state index in [0.717, 1.165) is 36.9 Å². The van der Waals surface area contributed by atoms with Crippen LogP contribution in [0.1, 0.15) is 62.5 Å². The summed E-state index contributed by atoms with van der Waals surface area (Å²) < 4.78 is 13.0. The number of aryl methyl sites for hydroxylation is 1. The second kappa shape index (κ2) is 8.26. The smallest absolute Gasteiger partial charge is 0.225 e. The van der Waals surface area contributed by atoms with Gasteiger partial charge in [0.2, 0.25) is 5.91 Å². The van der Waals surface area contributed by atoms with Gasteiger partial charge in [-0.3, -0.25) is 9.59 Å². The zero-order valence-electron chi connectivity index (χ0n) is 18.2. The quantitative estimate of drug-likeness (QED) is 0.621. The molecule has 2 aromatic rings. The highest BCUT2D eigenvalue weighted by atomic mass is 35.5. The van der Waals surface area contributed by atoms with E-state index >= 15 is 0 Å². The number of nitrogens with zero attached hydrogens (tertiary/aromatic N) is 1. The van der Waals surface area contributed by atoms with Crippen LogP contribution in [-0.4, -0.2) is 16.7 Å². The van der Waals surface area contributed by atoms with Crippen molar-refractivity contribution in [3.05, 3.63) is 58.5 Å². The number of hydrogen-bond acceptors (Lipinski definition) is 3. The largest absolute Gasteiger partial charge is 0.311 e. The Bertz CT molecular complexity index is 1060. The van der Waals surface area contributed by atoms with Crippen LogP contribution in [-0.2, 0) is 16.0 Å². The topological polar surface area (TPSA) is 59.1 Å². The van der Waals surface area contributed by atoms with Crippen LogP contribution in [0, 0.1) is 29.0 Å². The summed E-state index contributed by atoms with van der Waals surface area (Å²) in [6.45, 7) is 2.16. The molecule has 0 bridgehead atoms. The van der Waals surface area contributed by atoms with Gasteiger partial charge >= 0.3 is 0 Å². The Labute approximate surface area is 193 Å². The van der Waals surface area contributed by atoms with Crippen molar-refractivity contribution in [2.75, 3.05) is 5.32 Å². The Morgan fingerprint density at radius 2 is 2.12 bits per heavy atom. The predicted octanol–water partition coefficient (Wildman–Crippen LogP) is 5.94. The lowest BCUT2D eigenvalue weighted by atomic mass is 9.54. The van der Waals surface area contributed by atoms with E-state index in [0.29, 0.717) is 48.6 Å². The van der Waals surface area contributed by atoms with Crippen LogP contribution < -0.4 is 5.32 Å². The molecule has 5 rings (SSSR count). The number of ketones is 1. The number of fused-ring (bicyclic) bond motifs is 5. The second-order valence-corrected chi connectivity index (χ2v) is 10.4. The molecule has 3 unspecified atom stereocenters. The highest BCUT2D eigenvalue weighted by Crippen LogP contribution is 2.62. The Kier molecular flexibility index (Phi) is 5.56. The molecule has 5 atom stereocenters. The first-order valence-corrected chi connectivity index (χ1v) is 12.0. The molecule has 1 aromatic carbocycles. The standard InChI is InChI=1S/C26H28ClFN2O2/c1-26-11-10-20-19-7-4-17(27)12-15(19)2-6-21(20)25(26)16(13-22(26)31)3-9-24(32)30-23-8-5-18(28)14-29-23/h4-5,7-8,12,14,16,20-21,25H,2-3,6,9-11,13H2,1H3,(H,29,30,32)/t16-,20?,21?,25?,26-/m1/s1. The number of benzene rings is 1. The number of hydrogen-bond donors (Lipinski definition) is 1. The summed E-state index contributed by atoms with van der Waals surface area (Å²) in [5.41, 5.74) is 2.49. The van der Waals surface area contributed by atoms with Gasteiger partial charge in [0.05, 0.1) is 6.20 Å². The van der Waals surface area contributed by atoms with Gasteiger partial charge in [-0.1, -0.05) is 24.6 Å². The molecule has 1 N–H and O–H groups in total. The fourth-order valence-electron chi connectivity index (χ4n) is 6.85. The van der Waals surface area contributed by atoms with E-state index in [-0.39, 0.29) is 17.2 Å². The predicted molar refractivity (Wildman–Crippen MR) is 122 cm³/mol. The molecule has 3 aliphatic rings. The molecule has 2 fully saturated rings. The van der Waals surface area contributed by atoms with E-state index in [1.807, 2.05) is 6.07 Å². The lowest BCUT2D eigenvalue weighted by Gasteiger charge is -2.50. The van der Waals surface area contributed by atoms with Gasteiger partial charge in [-0.25, -0.2) is 9.37 Å². The average molecular weight is 455 g/mol. The van der Waals surface area contributed by atoms with Crippen LogP contribution >= 0.6 is 11.6 Å². The summed E-state index contributed by atoms with van der Waals surface area (Å²) in [5.74, 6) is 1.63. The third-order valence-corrected chi connectivity index (χ3v) is 8.50. The molecule has 0 radical (unpaired) electrons. The minimum atomic E-state index is -0.435. The lowest BCUT2D eigenvalue weighted by molar-refractivity contribution is -0.129. The number of carbonyl (C=O) groups is 2. The maximum Gasteiger partial charge on any atom is 0.225 e. The maximum absolute atomic E-state index is 13.1. The minimum absolute atomic E-state index is 0.138. The molecule has 0 aliphatic heterocycles. The van der Waals surface area contributed by atoms with E-state index in [9.17, 15) is 14.0 Å². The molecule has 32 heavy (non-hydrogen) atoms. The first-order chi connectivity index (χ1) is 15.3. The summed E-state index contributed by atoms with van der Waals surface area (Å²) in [4.78, 5) is 29.5. The van der Waals surface area contributed by atoms with Crippen LogP contribution in [0.25, 0.3) is 0 Å². The van der Waals surface area contributed by atoms with Crippen molar-refractivity contribution in [2.45, 2.75) is 57.8 Å². The molecular formula is C26H28ClFN2O2. The van der Waals surface area contributed by atoms with Gasteiger partial charge in [0.1, 0.15) is 17.4 Å². The van der Waals surface area contributed by atoms with Gasteiger partial charge in [-0.2, -0.15) is 0 Å². The number of halogens is 2. The summed E-state index contributed by atoms with van der Waals surface area (Å²) in [7, 11) is 0. The number of nitrogens with one attached hydrogen (secondary N) is 1. The average Bonchev–Trinajstić information content (AvgIpc) is 3.03. The Hall–Kier alpha value is -2.27. The van der Waals surface area contributed by atoms with Crippen molar-refractivity contribution in [1.82, 2.24) is 4.98 Å². The van der Waals surface area contributed by atoms with Crippen LogP contribution in [0.15, 0.2) is 36.5 Å².